The molecule has 0 N–H and O–H groups in total. The van der Waals surface area contributed by atoms with Gasteiger partial charge in [-0.25, -0.2) is 4.39 Å². The van der Waals surface area contributed by atoms with E-state index < -0.39 is 0 Å². The number of methoxy groups -OCH3 is 2. The van der Waals surface area contributed by atoms with E-state index in [9.17, 15) is 9.18 Å². The van der Waals surface area contributed by atoms with E-state index in [4.69, 9.17) is 9.47 Å². The molecule has 0 aliphatic carbocycles. The maximum absolute atomic E-state index is 13.2. The van der Waals surface area contributed by atoms with Crippen LogP contribution in [-0.2, 0) is 7.05 Å². The predicted molar refractivity (Wildman–Crippen MR) is 87.7 cm³/mol. The average Bonchev–Trinajstić information content (AvgIpc) is 2.56. The van der Waals surface area contributed by atoms with Crippen molar-refractivity contribution in [3.63, 3.8) is 0 Å². The van der Waals surface area contributed by atoms with E-state index >= 15 is 0 Å². The summed E-state index contributed by atoms with van der Waals surface area (Å²) in [6.07, 6.45) is 0. The number of hydrogen-bond donors (Lipinski definition) is 0. The normalized spacial score (nSPS) is 10.8. The Bertz CT molecular complexity index is 930. The number of nitrogens with zero attached hydrogens (tertiary/aromatic N) is 1. The van der Waals surface area contributed by atoms with Crippen LogP contribution in [0.1, 0.15) is 0 Å². The number of benzene rings is 2. The first kappa shape index (κ1) is 15.1. The third-order valence-corrected chi connectivity index (χ3v) is 3.87. The van der Waals surface area contributed by atoms with Crippen LogP contribution in [0.15, 0.2) is 47.3 Å². The Balaban J connectivity index is 2.41. The van der Waals surface area contributed by atoms with Gasteiger partial charge in [0.05, 0.1) is 19.9 Å². The van der Waals surface area contributed by atoms with Gasteiger partial charge < -0.3 is 14.0 Å². The summed E-state index contributed by atoms with van der Waals surface area (Å²) in [5, 5.41) is 1.57. The molecule has 3 rings (SSSR count). The molecular formula is C18H16FNO3. The lowest BCUT2D eigenvalue weighted by atomic mass is 10.0. The summed E-state index contributed by atoms with van der Waals surface area (Å²) in [7, 11) is 4.80. The van der Waals surface area contributed by atoms with Crippen LogP contribution in [0.2, 0.25) is 0 Å². The van der Waals surface area contributed by atoms with Crippen molar-refractivity contribution in [1.82, 2.24) is 4.57 Å². The molecular weight excluding hydrogens is 297 g/mol. The minimum Gasteiger partial charge on any atom is -0.493 e. The summed E-state index contributed by atoms with van der Waals surface area (Å²) in [6.45, 7) is 0. The van der Waals surface area contributed by atoms with Crippen LogP contribution in [0.25, 0.3) is 22.0 Å². The van der Waals surface area contributed by atoms with Crippen molar-refractivity contribution in [3.05, 3.63) is 58.6 Å². The minimum absolute atomic E-state index is 0.149. The van der Waals surface area contributed by atoms with Gasteiger partial charge in [0.15, 0.2) is 11.5 Å². The van der Waals surface area contributed by atoms with Crippen LogP contribution in [-0.4, -0.2) is 18.8 Å². The van der Waals surface area contributed by atoms with Crippen molar-refractivity contribution in [3.8, 4) is 22.8 Å². The third kappa shape index (κ3) is 2.54. The Kier molecular flexibility index (Phi) is 3.78. The van der Waals surface area contributed by atoms with Crippen molar-refractivity contribution in [2.24, 2.45) is 7.05 Å². The zero-order chi connectivity index (χ0) is 16.6. The molecule has 2 aromatic carbocycles. The number of halogens is 1. The molecule has 0 spiro atoms. The van der Waals surface area contributed by atoms with E-state index in [0.717, 1.165) is 16.3 Å². The maximum atomic E-state index is 13.2. The zero-order valence-electron chi connectivity index (χ0n) is 13.1. The molecule has 0 saturated carbocycles. The van der Waals surface area contributed by atoms with E-state index in [-0.39, 0.29) is 11.4 Å². The number of aromatic nitrogens is 1. The summed E-state index contributed by atoms with van der Waals surface area (Å²) in [6, 6.07) is 11.2. The highest BCUT2D eigenvalue weighted by molar-refractivity contribution is 5.96. The summed E-state index contributed by atoms with van der Waals surface area (Å²) in [5.41, 5.74) is 1.31. The fraction of sp³-hybridized carbons (Fsp3) is 0.167. The number of pyridine rings is 1. The maximum Gasteiger partial charge on any atom is 0.251 e. The Morgan fingerprint density at radius 2 is 1.57 bits per heavy atom. The lowest BCUT2D eigenvalue weighted by Crippen LogP contribution is -2.17. The minimum atomic E-state index is -0.321. The summed E-state index contributed by atoms with van der Waals surface area (Å²) < 4.78 is 25.4. The largest absolute Gasteiger partial charge is 0.493 e. The first-order valence-corrected chi connectivity index (χ1v) is 7.07. The van der Waals surface area contributed by atoms with Gasteiger partial charge in [-0.05, 0) is 47.3 Å². The van der Waals surface area contributed by atoms with E-state index in [1.54, 1.807) is 50.1 Å². The lowest BCUT2D eigenvalue weighted by Gasteiger charge is -2.15. The van der Waals surface area contributed by atoms with Gasteiger partial charge in [0.25, 0.3) is 5.56 Å². The smallest absolute Gasteiger partial charge is 0.251 e. The topological polar surface area (TPSA) is 40.5 Å². The van der Waals surface area contributed by atoms with Crippen molar-refractivity contribution in [2.75, 3.05) is 14.2 Å². The zero-order valence-corrected chi connectivity index (χ0v) is 13.1. The molecule has 5 heteroatoms. The molecule has 0 aliphatic rings. The molecule has 3 aromatic rings. The SMILES string of the molecule is COc1cc2cc(=O)n(C)c(-c3ccc(F)cc3)c2cc1OC. The number of hydrogen-bond acceptors (Lipinski definition) is 3. The van der Waals surface area contributed by atoms with Crippen molar-refractivity contribution in [2.45, 2.75) is 0 Å². The Hall–Kier alpha value is -2.82. The number of fused-ring (bicyclic) bond motifs is 1. The highest BCUT2D eigenvalue weighted by Gasteiger charge is 2.14. The highest BCUT2D eigenvalue weighted by Crippen LogP contribution is 2.36. The van der Waals surface area contributed by atoms with Gasteiger partial charge >= 0.3 is 0 Å². The second kappa shape index (κ2) is 5.76. The fourth-order valence-corrected chi connectivity index (χ4v) is 2.70. The highest BCUT2D eigenvalue weighted by atomic mass is 19.1. The van der Waals surface area contributed by atoms with Crippen molar-refractivity contribution < 1.29 is 13.9 Å². The molecule has 0 aliphatic heterocycles. The Labute approximate surface area is 132 Å². The van der Waals surface area contributed by atoms with Crippen LogP contribution < -0.4 is 15.0 Å². The Morgan fingerprint density at radius 1 is 0.957 bits per heavy atom. The number of ether oxygens (including phenoxy) is 2. The van der Waals surface area contributed by atoms with Crippen molar-refractivity contribution >= 4 is 10.8 Å². The van der Waals surface area contributed by atoms with Gasteiger partial charge in [-0.3, -0.25) is 4.79 Å². The molecule has 0 amide bonds. The van der Waals surface area contributed by atoms with Gasteiger partial charge in [-0.15, -0.1) is 0 Å². The van der Waals surface area contributed by atoms with Gasteiger partial charge in [-0.2, -0.15) is 0 Å². The molecule has 0 radical (unpaired) electrons. The third-order valence-electron chi connectivity index (χ3n) is 3.87. The lowest BCUT2D eigenvalue weighted by molar-refractivity contribution is 0.356. The second-order valence-corrected chi connectivity index (χ2v) is 5.19. The van der Waals surface area contributed by atoms with E-state index in [0.29, 0.717) is 17.2 Å². The average molecular weight is 313 g/mol. The standard InChI is InChI=1S/C18H16FNO3/c1-20-17(21)9-12-8-15(22-2)16(23-3)10-14(12)18(20)11-4-6-13(19)7-5-11/h4-10H,1-3H3. The van der Waals surface area contributed by atoms with Crippen LogP contribution in [0, 0.1) is 5.82 Å². The molecule has 0 atom stereocenters. The molecule has 118 valence electrons. The summed E-state index contributed by atoms with van der Waals surface area (Å²) >= 11 is 0. The van der Waals surface area contributed by atoms with Gasteiger partial charge in [0.2, 0.25) is 0 Å². The van der Waals surface area contributed by atoms with Gasteiger partial charge in [-0.1, -0.05) is 0 Å². The molecule has 4 nitrogen and oxygen atoms in total. The molecule has 1 heterocycles. The fourth-order valence-electron chi connectivity index (χ4n) is 2.70. The molecule has 23 heavy (non-hydrogen) atoms. The van der Waals surface area contributed by atoms with E-state index in [1.807, 2.05) is 6.07 Å². The molecule has 0 unspecified atom stereocenters. The molecule has 0 saturated heterocycles. The van der Waals surface area contributed by atoms with Crippen LogP contribution >= 0.6 is 0 Å². The summed E-state index contributed by atoms with van der Waals surface area (Å²) in [4.78, 5) is 12.3. The quantitative estimate of drug-likeness (QED) is 0.744. The molecule has 0 fully saturated rings. The van der Waals surface area contributed by atoms with Gasteiger partial charge in [0.1, 0.15) is 5.82 Å². The van der Waals surface area contributed by atoms with E-state index in [2.05, 4.69) is 0 Å². The van der Waals surface area contributed by atoms with Gasteiger partial charge in [0, 0.05) is 18.5 Å². The first-order valence-electron chi connectivity index (χ1n) is 7.07. The monoisotopic (exact) mass is 313 g/mol. The van der Waals surface area contributed by atoms with Crippen LogP contribution in [0.5, 0.6) is 11.5 Å². The van der Waals surface area contributed by atoms with E-state index in [1.165, 1.54) is 12.1 Å². The molecule has 1 aromatic heterocycles. The Morgan fingerprint density at radius 3 is 2.17 bits per heavy atom. The van der Waals surface area contributed by atoms with Crippen LogP contribution in [0.4, 0.5) is 4.39 Å². The van der Waals surface area contributed by atoms with Crippen molar-refractivity contribution in [1.29, 1.82) is 0 Å². The number of rotatable bonds is 3. The predicted octanol–water partition coefficient (Wildman–Crippen LogP) is 3.36. The molecule has 0 bridgehead atoms. The second-order valence-electron chi connectivity index (χ2n) is 5.19. The van der Waals surface area contributed by atoms with Crippen LogP contribution in [0.3, 0.4) is 0 Å². The summed E-state index contributed by atoms with van der Waals surface area (Å²) in [5.74, 6) is 0.804. The first-order chi connectivity index (χ1) is 11.0.